The Bertz CT molecular complexity index is 1560. The van der Waals surface area contributed by atoms with Gasteiger partial charge in [-0.25, -0.2) is 9.67 Å². The van der Waals surface area contributed by atoms with E-state index in [2.05, 4.69) is 20.7 Å². The van der Waals surface area contributed by atoms with E-state index in [1.54, 1.807) is 35.1 Å². The molecule has 0 spiro atoms. The van der Waals surface area contributed by atoms with Crippen LogP contribution in [0, 0.1) is 0 Å². The number of halogens is 4. The summed E-state index contributed by atoms with van der Waals surface area (Å²) in [4.78, 5) is 30.0. The van der Waals surface area contributed by atoms with Crippen molar-refractivity contribution < 1.29 is 22.8 Å². The molecule has 0 unspecified atom stereocenters. The van der Waals surface area contributed by atoms with Crippen LogP contribution in [0.15, 0.2) is 84.0 Å². The fourth-order valence-corrected chi connectivity index (χ4v) is 4.23. The second-order valence-corrected chi connectivity index (χ2v) is 8.94. The lowest BCUT2D eigenvalue weighted by Crippen LogP contribution is -2.18. The molecule has 5 rings (SSSR count). The Hall–Kier alpha value is -4.44. The molecule has 2 amide bonds. The number of amides is 2. The van der Waals surface area contributed by atoms with E-state index < -0.39 is 22.7 Å². The van der Waals surface area contributed by atoms with Crippen molar-refractivity contribution in [2.24, 2.45) is 4.99 Å². The summed E-state index contributed by atoms with van der Waals surface area (Å²) in [6.07, 6.45) is -3.16. The fraction of sp³-hybridized carbons (Fsp3) is 0.111. The molecule has 0 fully saturated rings. The van der Waals surface area contributed by atoms with Crippen LogP contribution in [0.25, 0.3) is 0 Å². The van der Waals surface area contributed by atoms with Gasteiger partial charge in [0.1, 0.15) is 5.69 Å². The van der Waals surface area contributed by atoms with Gasteiger partial charge in [0, 0.05) is 11.3 Å². The van der Waals surface area contributed by atoms with Gasteiger partial charge in [-0.05, 0) is 41.5 Å². The topological polar surface area (TPSA) is 88.4 Å². The Labute approximate surface area is 220 Å². The van der Waals surface area contributed by atoms with Crippen molar-refractivity contribution in [3.63, 3.8) is 0 Å². The summed E-state index contributed by atoms with van der Waals surface area (Å²) in [6, 6.07) is 19.2. The minimum absolute atomic E-state index is 0.0243. The van der Waals surface area contributed by atoms with Gasteiger partial charge in [-0.2, -0.15) is 18.3 Å². The number of rotatable bonds is 5. The smallest absolute Gasteiger partial charge is 0.322 e. The molecular weight excluding hydrogens is 519 g/mol. The Morgan fingerprint density at radius 2 is 1.84 bits per heavy atom. The summed E-state index contributed by atoms with van der Waals surface area (Å²) >= 11 is 5.65. The first-order chi connectivity index (χ1) is 18.2. The predicted molar refractivity (Wildman–Crippen MR) is 138 cm³/mol. The minimum Gasteiger partial charge on any atom is -0.322 e. The van der Waals surface area contributed by atoms with Crippen LogP contribution < -0.4 is 10.6 Å². The summed E-state index contributed by atoms with van der Waals surface area (Å²) in [5.74, 6) is -0.552. The number of anilines is 2. The lowest BCUT2D eigenvalue weighted by atomic mass is 10.1. The maximum atomic E-state index is 13.2. The van der Waals surface area contributed by atoms with E-state index in [1.807, 2.05) is 30.3 Å². The number of nitrogens with zero attached hydrogens (tertiary/aromatic N) is 3. The van der Waals surface area contributed by atoms with Crippen LogP contribution in [0.2, 0.25) is 5.02 Å². The fourth-order valence-electron chi connectivity index (χ4n) is 4.01. The molecule has 0 saturated carbocycles. The van der Waals surface area contributed by atoms with Gasteiger partial charge in [-0.3, -0.25) is 9.59 Å². The molecular formula is C27H19ClF3N5O2. The monoisotopic (exact) mass is 537 g/mol. The van der Waals surface area contributed by atoms with Crippen molar-refractivity contribution in [2.45, 2.75) is 19.1 Å². The zero-order valence-corrected chi connectivity index (χ0v) is 20.3. The summed E-state index contributed by atoms with van der Waals surface area (Å²) in [6.45, 7) is 0.448. The minimum atomic E-state index is -4.70. The molecule has 11 heteroatoms. The molecule has 3 aromatic carbocycles. The van der Waals surface area contributed by atoms with Crippen molar-refractivity contribution in [1.29, 1.82) is 0 Å². The van der Waals surface area contributed by atoms with E-state index >= 15 is 0 Å². The van der Waals surface area contributed by atoms with Gasteiger partial charge in [0.25, 0.3) is 5.91 Å². The van der Waals surface area contributed by atoms with Gasteiger partial charge in [0.15, 0.2) is 5.82 Å². The first-order valence-electron chi connectivity index (χ1n) is 11.4. The molecule has 2 heterocycles. The SMILES string of the molecule is O=C1CC(c2cccc(NC(=O)c3ccc(Cl)c(C(F)(F)F)c3)c2)=Nc2cnn(Cc3ccccc3)c2N1. The Balaban J connectivity index is 1.40. The first-order valence-corrected chi connectivity index (χ1v) is 11.8. The van der Waals surface area contributed by atoms with Crippen LogP contribution >= 0.6 is 11.6 Å². The van der Waals surface area contributed by atoms with Crippen LogP contribution in [0.1, 0.15) is 33.5 Å². The first kappa shape index (κ1) is 25.2. The van der Waals surface area contributed by atoms with E-state index in [0.717, 1.165) is 11.6 Å². The van der Waals surface area contributed by atoms with Crippen LogP contribution in [0.5, 0.6) is 0 Å². The summed E-state index contributed by atoms with van der Waals surface area (Å²) in [7, 11) is 0. The predicted octanol–water partition coefficient (Wildman–Crippen LogP) is 6.32. The number of alkyl halides is 3. The van der Waals surface area contributed by atoms with Crippen molar-refractivity contribution >= 4 is 46.3 Å². The van der Waals surface area contributed by atoms with Crippen LogP contribution in [0.4, 0.5) is 30.4 Å². The zero-order valence-electron chi connectivity index (χ0n) is 19.6. The van der Waals surface area contributed by atoms with Gasteiger partial charge in [-0.1, -0.05) is 54.1 Å². The highest BCUT2D eigenvalue weighted by molar-refractivity contribution is 6.31. The summed E-state index contributed by atoms with van der Waals surface area (Å²) in [5, 5.41) is 9.32. The van der Waals surface area contributed by atoms with E-state index in [-0.39, 0.29) is 17.9 Å². The number of hydrogen-bond donors (Lipinski definition) is 2. The molecule has 2 N–H and O–H groups in total. The lowest BCUT2D eigenvalue weighted by molar-refractivity contribution is -0.137. The second kappa shape index (κ2) is 10.1. The highest BCUT2D eigenvalue weighted by atomic mass is 35.5. The number of carbonyl (C=O) groups excluding carboxylic acids is 2. The average molecular weight is 538 g/mol. The number of benzene rings is 3. The quantitative estimate of drug-likeness (QED) is 0.312. The van der Waals surface area contributed by atoms with Crippen LogP contribution in [-0.4, -0.2) is 27.3 Å². The number of nitrogens with one attached hydrogen (secondary N) is 2. The van der Waals surface area contributed by atoms with E-state index in [0.29, 0.717) is 41.1 Å². The zero-order chi connectivity index (χ0) is 26.9. The van der Waals surface area contributed by atoms with Gasteiger partial charge < -0.3 is 10.6 Å². The third-order valence-corrected chi connectivity index (χ3v) is 6.15. The maximum absolute atomic E-state index is 13.2. The highest BCUT2D eigenvalue weighted by Gasteiger charge is 2.34. The molecule has 0 saturated heterocycles. The van der Waals surface area contributed by atoms with Gasteiger partial charge >= 0.3 is 6.18 Å². The molecule has 192 valence electrons. The molecule has 1 aliphatic heterocycles. The molecule has 0 aliphatic carbocycles. The van der Waals surface area contributed by atoms with Gasteiger partial charge in [-0.15, -0.1) is 0 Å². The third-order valence-electron chi connectivity index (χ3n) is 5.82. The summed E-state index contributed by atoms with van der Waals surface area (Å²) in [5.41, 5.74) is 1.53. The van der Waals surface area contributed by atoms with Crippen molar-refractivity contribution in [3.05, 3.63) is 106 Å². The van der Waals surface area contributed by atoms with Crippen LogP contribution in [0.3, 0.4) is 0 Å². The van der Waals surface area contributed by atoms with Crippen LogP contribution in [-0.2, 0) is 17.5 Å². The van der Waals surface area contributed by atoms with E-state index in [4.69, 9.17) is 11.6 Å². The molecule has 0 atom stereocenters. The molecule has 0 bridgehead atoms. The normalized spacial score (nSPS) is 13.3. The standard InChI is InChI=1S/C27H19ClF3N5O2/c28-21-10-9-18(12-20(21)27(29,30)31)26(38)33-19-8-4-7-17(11-19)22-13-24(37)35-25-23(34-22)14-32-36(25)15-16-5-2-1-3-6-16/h1-12,14H,13,15H2,(H,33,38)(H,35,37). The van der Waals surface area contributed by atoms with Crippen molar-refractivity contribution in [3.8, 4) is 0 Å². The Morgan fingerprint density at radius 3 is 2.61 bits per heavy atom. The second-order valence-electron chi connectivity index (χ2n) is 8.53. The summed E-state index contributed by atoms with van der Waals surface area (Å²) < 4.78 is 41.2. The average Bonchev–Trinajstić information content (AvgIpc) is 3.14. The van der Waals surface area contributed by atoms with Gasteiger partial charge in [0.2, 0.25) is 5.91 Å². The molecule has 1 aliphatic rings. The molecule has 4 aromatic rings. The van der Waals surface area contributed by atoms with Crippen molar-refractivity contribution in [2.75, 3.05) is 10.6 Å². The highest BCUT2D eigenvalue weighted by Crippen LogP contribution is 2.35. The third kappa shape index (κ3) is 5.45. The van der Waals surface area contributed by atoms with E-state index in [1.165, 1.54) is 6.07 Å². The molecule has 7 nitrogen and oxygen atoms in total. The molecule has 1 aromatic heterocycles. The lowest BCUT2D eigenvalue weighted by Gasteiger charge is -2.12. The van der Waals surface area contributed by atoms with Crippen molar-refractivity contribution in [1.82, 2.24) is 9.78 Å². The maximum Gasteiger partial charge on any atom is 0.417 e. The van der Waals surface area contributed by atoms with Gasteiger partial charge in [0.05, 0.1) is 35.5 Å². The molecule has 38 heavy (non-hydrogen) atoms. The Kier molecular flexibility index (Phi) is 6.73. The molecule has 0 radical (unpaired) electrons. The van der Waals surface area contributed by atoms with E-state index in [9.17, 15) is 22.8 Å². The largest absolute Gasteiger partial charge is 0.417 e. The Morgan fingerprint density at radius 1 is 1.05 bits per heavy atom. The number of fused-ring (bicyclic) bond motifs is 1. The number of carbonyl (C=O) groups is 2. The number of aliphatic imine (C=N–C) groups is 1. The number of aromatic nitrogens is 2. The number of hydrogen-bond acceptors (Lipinski definition) is 4.